The van der Waals surface area contributed by atoms with Gasteiger partial charge in [-0.05, 0) is 36.6 Å². The van der Waals surface area contributed by atoms with Gasteiger partial charge in [0.2, 0.25) is 5.89 Å². The maximum atomic E-state index is 13.3. The molecule has 192 valence electrons. The zero-order valence-corrected chi connectivity index (χ0v) is 20.6. The van der Waals surface area contributed by atoms with Gasteiger partial charge >= 0.3 is 6.18 Å². The van der Waals surface area contributed by atoms with E-state index in [1.54, 1.807) is 6.07 Å². The molecule has 0 radical (unpaired) electrons. The van der Waals surface area contributed by atoms with Crippen LogP contribution < -0.4 is 5.32 Å². The first-order valence-corrected chi connectivity index (χ1v) is 12.0. The van der Waals surface area contributed by atoms with Gasteiger partial charge in [-0.3, -0.25) is 9.69 Å². The summed E-state index contributed by atoms with van der Waals surface area (Å²) in [6.45, 7) is 4.29. The van der Waals surface area contributed by atoms with Crippen LogP contribution in [0.3, 0.4) is 0 Å². The van der Waals surface area contributed by atoms with Crippen molar-refractivity contribution in [2.45, 2.75) is 45.2 Å². The molecular formula is C29H28F3N3O2. The Morgan fingerprint density at radius 2 is 1.57 bits per heavy atom. The fourth-order valence-electron chi connectivity index (χ4n) is 4.11. The molecular weight excluding hydrogens is 479 g/mol. The molecule has 5 nitrogen and oxygen atoms in total. The SMILES string of the molecule is C[C@H](c1ccccc1)N(Cc1cccc(C(F)(F)F)c1)Cc1nc(C(=O)N[C@H](C)c2ccccc2)co1. The minimum absolute atomic E-state index is 0.143. The number of nitrogens with one attached hydrogen (secondary N) is 1. The first-order valence-electron chi connectivity index (χ1n) is 12.0. The normalized spacial score (nSPS) is 13.4. The molecule has 2 atom stereocenters. The molecule has 0 aliphatic heterocycles. The van der Waals surface area contributed by atoms with Gasteiger partial charge in [0.15, 0.2) is 5.69 Å². The van der Waals surface area contributed by atoms with Crippen LogP contribution in [-0.4, -0.2) is 15.8 Å². The van der Waals surface area contributed by atoms with Gasteiger partial charge in [-0.15, -0.1) is 0 Å². The third-order valence-corrected chi connectivity index (χ3v) is 6.24. The number of carbonyl (C=O) groups excluding carboxylic acids is 1. The van der Waals surface area contributed by atoms with E-state index in [4.69, 9.17) is 4.42 Å². The van der Waals surface area contributed by atoms with Gasteiger partial charge in [0.05, 0.1) is 18.2 Å². The van der Waals surface area contributed by atoms with Crippen molar-refractivity contribution in [3.63, 3.8) is 0 Å². The lowest BCUT2D eigenvalue weighted by molar-refractivity contribution is -0.137. The Hall–Kier alpha value is -3.91. The van der Waals surface area contributed by atoms with E-state index >= 15 is 0 Å². The van der Waals surface area contributed by atoms with Gasteiger partial charge in [-0.2, -0.15) is 13.2 Å². The number of carbonyl (C=O) groups is 1. The van der Waals surface area contributed by atoms with Crippen LogP contribution in [0.4, 0.5) is 13.2 Å². The van der Waals surface area contributed by atoms with E-state index in [0.29, 0.717) is 11.5 Å². The zero-order valence-electron chi connectivity index (χ0n) is 20.6. The average molecular weight is 508 g/mol. The quantitative estimate of drug-likeness (QED) is 0.266. The van der Waals surface area contributed by atoms with Gasteiger partial charge in [0, 0.05) is 12.6 Å². The predicted molar refractivity (Wildman–Crippen MR) is 134 cm³/mol. The van der Waals surface area contributed by atoms with Crippen molar-refractivity contribution in [1.29, 1.82) is 0 Å². The van der Waals surface area contributed by atoms with Crippen LogP contribution in [0, 0.1) is 0 Å². The van der Waals surface area contributed by atoms with E-state index in [2.05, 4.69) is 10.3 Å². The maximum absolute atomic E-state index is 13.3. The fourth-order valence-corrected chi connectivity index (χ4v) is 4.11. The molecule has 1 N–H and O–H groups in total. The third-order valence-electron chi connectivity index (χ3n) is 6.24. The Morgan fingerprint density at radius 3 is 2.22 bits per heavy atom. The Balaban J connectivity index is 1.52. The number of hydrogen-bond donors (Lipinski definition) is 1. The molecule has 8 heteroatoms. The molecule has 4 aromatic rings. The number of alkyl halides is 3. The van der Waals surface area contributed by atoms with Crippen molar-refractivity contribution in [3.05, 3.63) is 125 Å². The van der Waals surface area contributed by atoms with Gasteiger partial charge in [0.25, 0.3) is 5.91 Å². The number of amides is 1. The lowest BCUT2D eigenvalue weighted by Gasteiger charge is -2.28. The van der Waals surface area contributed by atoms with Crippen molar-refractivity contribution in [1.82, 2.24) is 15.2 Å². The molecule has 0 bridgehead atoms. The monoisotopic (exact) mass is 507 g/mol. The lowest BCUT2D eigenvalue weighted by Crippen LogP contribution is -2.28. The second kappa shape index (κ2) is 11.4. The smallest absolute Gasteiger partial charge is 0.416 e. The lowest BCUT2D eigenvalue weighted by atomic mass is 10.0. The number of benzene rings is 3. The van der Waals surface area contributed by atoms with Gasteiger partial charge in [0.1, 0.15) is 6.26 Å². The number of aromatic nitrogens is 1. The highest BCUT2D eigenvalue weighted by Crippen LogP contribution is 2.31. The van der Waals surface area contributed by atoms with Crippen LogP contribution in [0.1, 0.15) is 64.6 Å². The molecule has 0 fully saturated rings. The molecule has 0 unspecified atom stereocenters. The Kier molecular flexibility index (Phi) is 8.08. The number of oxazole rings is 1. The molecule has 4 rings (SSSR count). The van der Waals surface area contributed by atoms with E-state index in [1.807, 2.05) is 79.4 Å². The summed E-state index contributed by atoms with van der Waals surface area (Å²) in [5.74, 6) is -0.0702. The highest BCUT2D eigenvalue weighted by molar-refractivity contribution is 5.92. The maximum Gasteiger partial charge on any atom is 0.416 e. The minimum atomic E-state index is -4.42. The Bertz CT molecular complexity index is 1310. The van der Waals surface area contributed by atoms with Crippen LogP contribution in [0.2, 0.25) is 0 Å². The fraction of sp³-hybridized carbons (Fsp3) is 0.241. The number of rotatable bonds is 9. The molecule has 0 saturated heterocycles. The molecule has 1 amide bonds. The van der Waals surface area contributed by atoms with Crippen LogP contribution in [0.5, 0.6) is 0 Å². The zero-order chi connectivity index (χ0) is 26.4. The van der Waals surface area contributed by atoms with Crippen LogP contribution in [-0.2, 0) is 19.3 Å². The predicted octanol–water partition coefficient (Wildman–Crippen LogP) is 6.95. The molecule has 0 saturated carbocycles. The molecule has 0 spiro atoms. The highest BCUT2D eigenvalue weighted by Gasteiger charge is 2.30. The summed E-state index contributed by atoms with van der Waals surface area (Å²) in [7, 11) is 0. The summed E-state index contributed by atoms with van der Waals surface area (Å²) in [4.78, 5) is 19.1. The first-order chi connectivity index (χ1) is 17.7. The molecule has 37 heavy (non-hydrogen) atoms. The first kappa shape index (κ1) is 26.2. The number of nitrogens with zero attached hydrogens (tertiary/aromatic N) is 2. The van der Waals surface area contributed by atoms with Crippen molar-refractivity contribution >= 4 is 5.91 Å². The van der Waals surface area contributed by atoms with Crippen molar-refractivity contribution in [3.8, 4) is 0 Å². The third kappa shape index (κ3) is 6.86. The Labute approximate surface area is 214 Å². The van der Waals surface area contributed by atoms with Crippen LogP contribution >= 0.6 is 0 Å². The largest absolute Gasteiger partial charge is 0.447 e. The summed E-state index contributed by atoms with van der Waals surface area (Å²) in [5.41, 5.74) is 1.92. The van der Waals surface area contributed by atoms with Crippen LogP contribution in [0.25, 0.3) is 0 Å². The van der Waals surface area contributed by atoms with E-state index in [1.165, 1.54) is 12.3 Å². The topological polar surface area (TPSA) is 58.4 Å². The average Bonchev–Trinajstić information content (AvgIpc) is 3.37. The second-order valence-corrected chi connectivity index (χ2v) is 8.92. The summed E-state index contributed by atoms with van der Waals surface area (Å²) >= 11 is 0. The standard InChI is InChI=1S/C29H28F3N3O2/c1-20(23-11-5-3-6-12-23)33-28(36)26-19-37-27(34-26)18-35(21(2)24-13-7-4-8-14-24)17-22-10-9-15-25(16-22)29(30,31)32/h3-16,19-21H,17-18H2,1-2H3,(H,33,36)/t20-,21-/m1/s1. The summed E-state index contributed by atoms with van der Waals surface area (Å²) in [6, 6.07) is 24.1. The summed E-state index contributed by atoms with van der Waals surface area (Å²) in [6.07, 6.45) is -3.12. The summed E-state index contributed by atoms with van der Waals surface area (Å²) in [5, 5.41) is 2.91. The molecule has 1 heterocycles. The van der Waals surface area contributed by atoms with Gasteiger partial charge < -0.3 is 9.73 Å². The van der Waals surface area contributed by atoms with E-state index in [0.717, 1.165) is 23.3 Å². The Morgan fingerprint density at radius 1 is 0.919 bits per heavy atom. The van der Waals surface area contributed by atoms with Gasteiger partial charge in [-0.1, -0.05) is 78.9 Å². The number of hydrogen-bond acceptors (Lipinski definition) is 4. The molecule has 1 aromatic heterocycles. The van der Waals surface area contributed by atoms with Crippen LogP contribution in [0.15, 0.2) is 95.6 Å². The minimum Gasteiger partial charge on any atom is -0.447 e. The number of halogens is 3. The summed E-state index contributed by atoms with van der Waals surface area (Å²) < 4.78 is 45.4. The van der Waals surface area contributed by atoms with E-state index in [-0.39, 0.29) is 36.8 Å². The van der Waals surface area contributed by atoms with Crippen molar-refractivity contribution < 1.29 is 22.4 Å². The second-order valence-electron chi connectivity index (χ2n) is 8.92. The molecule has 0 aliphatic carbocycles. The van der Waals surface area contributed by atoms with Gasteiger partial charge in [-0.25, -0.2) is 4.98 Å². The molecule has 0 aliphatic rings. The van der Waals surface area contributed by atoms with E-state index < -0.39 is 11.7 Å². The van der Waals surface area contributed by atoms with E-state index in [9.17, 15) is 18.0 Å². The van der Waals surface area contributed by atoms with Crippen molar-refractivity contribution in [2.24, 2.45) is 0 Å². The molecule has 3 aromatic carbocycles. The highest BCUT2D eigenvalue weighted by atomic mass is 19.4. The van der Waals surface area contributed by atoms with Crippen molar-refractivity contribution in [2.75, 3.05) is 0 Å².